The minimum Gasteiger partial charge on any atom is -0.323 e. The number of aryl methyl sites for hydroxylation is 2. The molecule has 3 nitrogen and oxygen atoms in total. The zero-order valence-corrected chi connectivity index (χ0v) is 11.9. The van der Waals surface area contributed by atoms with Gasteiger partial charge in [0, 0.05) is 23.5 Å². The molecule has 1 unspecified atom stereocenters. The molecule has 1 aliphatic rings. The zero-order valence-electron chi connectivity index (χ0n) is 11.1. The van der Waals surface area contributed by atoms with Crippen molar-refractivity contribution < 1.29 is 0 Å². The number of benzene rings is 1. The van der Waals surface area contributed by atoms with Gasteiger partial charge < -0.3 is 4.90 Å². The minimum atomic E-state index is 0.302. The van der Waals surface area contributed by atoms with E-state index in [1.807, 2.05) is 6.92 Å². The SMILES string of the molecule is Cc1cnc(Cl)nc1N1c2ccccc2CCC1C. The third kappa shape index (κ3) is 2.19. The molecule has 0 saturated carbocycles. The van der Waals surface area contributed by atoms with E-state index in [1.54, 1.807) is 6.20 Å². The van der Waals surface area contributed by atoms with Crippen LogP contribution >= 0.6 is 11.6 Å². The second-order valence-corrected chi connectivity index (χ2v) is 5.37. The first kappa shape index (κ1) is 12.4. The lowest BCUT2D eigenvalue weighted by atomic mass is 9.96. The topological polar surface area (TPSA) is 29.0 Å². The van der Waals surface area contributed by atoms with Crippen LogP contribution in [0.15, 0.2) is 30.5 Å². The Bertz CT molecular complexity index is 612. The number of aromatic nitrogens is 2. The summed E-state index contributed by atoms with van der Waals surface area (Å²) in [5.74, 6) is 0.916. The maximum Gasteiger partial charge on any atom is 0.224 e. The Morgan fingerprint density at radius 3 is 2.95 bits per heavy atom. The van der Waals surface area contributed by atoms with Gasteiger partial charge in [-0.25, -0.2) is 4.98 Å². The van der Waals surface area contributed by atoms with Gasteiger partial charge in [0.2, 0.25) is 5.28 Å². The van der Waals surface area contributed by atoms with Crippen LogP contribution in [-0.2, 0) is 6.42 Å². The number of anilines is 2. The summed E-state index contributed by atoms with van der Waals surface area (Å²) in [6, 6.07) is 8.92. The van der Waals surface area contributed by atoms with Crippen LogP contribution in [0.3, 0.4) is 0 Å². The van der Waals surface area contributed by atoms with Gasteiger partial charge in [-0.3, -0.25) is 0 Å². The second kappa shape index (κ2) is 4.82. The average molecular weight is 274 g/mol. The predicted molar refractivity (Wildman–Crippen MR) is 78.1 cm³/mol. The van der Waals surface area contributed by atoms with Crippen LogP contribution in [0.25, 0.3) is 0 Å². The number of halogens is 1. The first-order valence-corrected chi connectivity index (χ1v) is 6.91. The third-order valence-corrected chi connectivity index (χ3v) is 3.85. The summed E-state index contributed by atoms with van der Waals surface area (Å²) in [4.78, 5) is 10.7. The molecule has 2 aromatic rings. The van der Waals surface area contributed by atoms with Gasteiger partial charge in [-0.15, -0.1) is 0 Å². The number of hydrogen-bond acceptors (Lipinski definition) is 3. The molecule has 4 heteroatoms. The van der Waals surface area contributed by atoms with E-state index in [0.717, 1.165) is 24.2 Å². The van der Waals surface area contributed by atoms with E-state index < -0.39 is 0 Å². The maximum atomic E-state index is 5.96. The summed E-state index contributed by atoms with van der Waals surface area (Å²) in [7, 11) is 0. The Hall–Kier alpha value is -1.61. The van der Waals surface area contributed by atoms with Crippen LogP contribution in [0.5, 0.6) is 0 Å². The third-order valence-electron chi connectivity index (χ3n) is 3.67. The number of para-hydroxylation sites is 1. The zero-order chi connectivity index (χ0) is 13.4. The molecule has 1 aromatic carbocycles. The van der Waals surface area contributed by atoms with E-state index in [1.165, 1.54) is 11.3 Å². The number of fused-ring (bicyclic) bond motifs is 1. The van der Waals surface area contributed by atoms with Crippen molar-refractivity contribution in [3.63, 3.8) is 0 Å². The molecule has 0 spiro atoms. The highest BCUT2D eigenvalue weighted by molar-refractivity contribution is 6.28. The Morgan fingerprint density at radius 2 is 2.11 bits per heavy atom. The van der Waals surface area contributed by atoms with Crippen molar-refractivity contribution >= 4 is 23.1 Å². The average Bonchev–Trinajstić information content (AvgIpc) is 2.42. The molecule has 0 bridgehead atoms. The summed E-state index contributed by atoms with van der Waals surface area (Å²) >= 11 is 5.96. The van der Waals surface area contributed by atoms with Crippen molar-refractivity contribution in [2.24, 2.45) is 0 Å². The Balaban J connectivity index is 2.16. The minimum absolute atomic E-state index is 0.302. The molecule has 0 saturated heterocycles. The predicted octanol–water partition coefficient (Wildman–Crippen LogP) is 3.91. The van der Waals surface area contributed by atoms with Crippen LogP contribution in [0.4, 0.5) is 11.5 Å². The lowest BCUT2D eigenvalue weighted by Crippen LogP contribution is -2.34. The van der Waals surface area contributed by atoms with Crippen LogP contribution in [0.2, 0.25) is 5.28 Å². The molecule has 1 aromatic heterocycles. The van der Waals surface area contributed by atoms with Crippen LogP contribution in [-0.4, -0.2) is 16.0 Å². The van der Waals surface area contributed by atoms with Crippen LogP contribution in [0, 0.1) is 6.92 Å². The Morgan fingerprint density at radius 1 is 1.32 bits per heavy atom. The molecule has 0 radical (unpaired) electrons. The highest BCUT2D eigenvalue weighted by Gasteiger charge is 2.26. The molecule has 19 heavy (non-hydrogen) atoms. The maximum absolute atomic E-state index is 5.96. The summed E-state index contributed by atoms with van der Waals surface area (Å²) in [6.45, 7) is 4.25. The molecule has 98 valence electrons. The molecular weight excluding hydrogens is 258 g/mol. The summed E-state index contributed by atoms with van der Waals surface area (Å²) in [6.07, 6.45) is 4.03. The number of hydrogen-bond donors (Lipinski definition) is 0. The molecule has 0 N–H and O–H groups in total. The van der Waals surface area contributed by atoms with Gasteiger partial charge in [-0.1, -0.05) is 18.2 Å². The second-order valence-electron chi connectivity index (χ2n) is 5.03. The van der Waals surface area contributed by atoms with E-state index in [2.05, 4.69) is 46.1 Å². The van der Waals surface area contributed by atoms with Crippen molar-refractivity contribution in [2.75, 3.05) is 4.90 Å². The van der Waals surface area contributed by atoms with Crippen molar-refractivity contribution in [3.05, 3.63) is 46.9 Å². The summed E-state index contributed by atoms with van der Waals surface area (Å²) in [5.41, 5.74) is 3.65. The lowest BCUT2D eigenvalue weighted by Gasteiger charge is -2.36. The van der Waals surface area contributed by atoms with E-state index >= 15 is 0 Å². The number of nitrogens with zero attached hydrogens (tertiary/aromatic N) is 3. The highest BCUT2D eigenvalue weighted by atomic mass is 35.5. The monoisotopic (exact) mass is 273 g/mol. The van der Waals surface area contributed by atoms with Gasteiger partial charge in [-0.05, 0) is 49.9 Å². The van der Waals surface area contributed by atoms with Crippen molar-refractivity contribution in [3.8, 4) is 0 Å². The van der Waals surface area contributed by atoms with Gasteiger partial charge in [-0.2, -0.15) is 4.98 Å². The lowest BCUT2D eigenvalue weighted by molar-refractivity contribution is 0.611. The fourth-order valence-electron chi connectivity index (χ4n) is 2.67. The van der Waals surface area contributed by atoms with Crippen molar-refractivity contribution in [1.82, 2.24) is 9.97 Å². The fourth-order valence-corrected chi connectivity index (χ4v) is 2.80. The molecular formula is C15H16ClN3. The van der Waals surface area contributed by atoms with Gasteiger partial charge in [0.25, 0.3) is 0 Å². The quantitative estimate of drug-likeness (QED) is 0.738. The molecule has 0 aliphatic carbocycles. The van der Waals surface area contributed by atoms with E-state index in [4.69, 9.17) is 11.6 Å². The van der Waals surface area contributed by atoms with Crippen LogP contribution < -0.4 is 4.90 Å². The molecule has 0 amide bonds. The highest BCUT2D eigenvalue weighted by Crippen LogP contribution is 2.37. The molecule has 1 aliphatic heterocycles. The van der Waals surface area contributed by atoms with Crippen LogP contribution in [0.1, 0.15) is 24.5 Å². The summed E-state index contributed by atoms with van der Waals surface area (Å²) < 4.78 is 0. The van der Waals surface area contributed by atoms with Crippen molar-refractivity contribution in [1.29, 1.82) is 0 Å². The Labute approximate surface area is 118 Å². The standard InChI is InChI=1S/C15H16ClN3/c1-10-9-17-15(16)18-14(10)19-11(2)7-8-12-5-3-4-6-13(12)19/h3-6,9,11H,7-8H2,1-2H3. The summed E-state index contributed by atoms with van der Waals surface area (Å²) in [5, 5.41) is 0.302. The van der Waals surface area contributed by atoms with E-state index in [9.17, 15) is 0 Å². The first-order chi connectivity index (χ1) is 9.16. The van der Waals surface area contributed by atoms with E-state index in [-0.39, 0.29) is 0 Å². The van der Waals surface area contributed by atoms with E-state index in [0.29, 0.717) is 11.3 Å². The molecule has 2 heterocycles. The van der Waals surface area contributed by atoms with Gasteiger partial charge >= 0.3 is 0 Å². The van der Waals surface area contributed by atoms with Crippen molar-refractivity contribution in [2.45, 2.75) is 32.7 Å². The Kier molecular flexibility index (Phi) is 3.15. The molecule has 1 atom stereocenters. The first-order valence-electron chi connectivity index (χ1n) is 6.53. The normalized spacial score (nSPS) is 18.3. The van der Waals surface area contributed by atoms with Gasteiger partial charge in [0.1, 0.15) is 5.82 Å². The number of rotatable bonds is 1. The fraction of sp³-hybridized carbons (Fsp3) is 0.333. The van der Waals surface area contributed by atoms with Gasteiger partial charge in [0.05, 0.1) is 0 Å². The molecule has 0 fully saturated rings. The van der Waals surface area contributed by atoms with Gasteiger partial charge in [0.15, 0.2) is 0 Å². The largest absolute Gasteiger partial charge is 0.323 e. The molecule has 3 rings (SSSR count). The smallest absolute Gasteiger partial charge is 0.224 e.